The van der Waals surface area contributed by atoms with Gasteiger partial charge in [-0.2, -0.15) is 4.72 Å². The van der Waals surface area contributed by atoms with Crippen molar-refractivity contribution >= 4 is 28.3 Å². The highest BCUT2D eigenvalue weighted by atomic mass is 35.5. The van der Waals surface area contributed by atoms with E-state index in [0.717, 1.165) is 6.07 Å². The van der Waals surface area contributed by atoms with E-state index in [1.807, 2.05) is 6.92 Å². The van der Waals surface area contributed by atoms with Crippen molar-refractivity contribution in [1.82, 2.24) is 14.9 Å². The monoisotopic (exact) mass is 365 g/mol. The lowest BCUT2D eigenvalue weighted by atomic mass is 10.2. The van der Waals surface area contributed by atoms with Crippen molar-refractivity contribution in [3.63, 3.8) is 0 Å². The third kappa shape index (κ3) is 4.63. The van der Waals surface area contributed by atoms with Crippen LogP contribution in [0.25, 0.3) is 0 Å². The van der Waals surface area contributed by atoms with Gasteiger partial charge >= 0.3 is 0 Å². The minimum absolute atomic E-state index is 0. The minimum Gasteiger partial charge on any atom is -0.336 e. The molecule has 0 bridgehead atoms. The third-order valence-corrected chi connectivity index (χ3v) is 5.19. The summed E-state index contributed by atoms with van der Waals surface area (Å²) in [4.78, 5) is 13.6. The zero-order valence-corrected chi connectivity index (χ0v) is 14.6. The molecule has 0 spiro atoms. The highest BCUT2D eigenvalue weighted by molar-refractivity contribution is 7.89. The van der Waals surface area contributed by atoms with Gasteiger partial charge < -0.3 is 10.2 Å². The number of halogens is 2. The largest absolute Gasteiger partial charge is 0.336 e. The average Bonchev–Trinajstić information content (AvgIpc) is 2.46. The lowest BCUT2D eigenvalue weighted by Crippen LogP contribution is -2.57. The van der Waals surface area contributed by atoms with Crippen molar-refractivity contribution in [2.45, 2.75) is 30.8 Å². The van der Waals surface area contributed by atoms with Crippen LogP contribution >= 0.6 is 12.4 Å². The summed E-state index contributed by atoms with van der Waals surface area (Å²) in [6.45, 7) is 5.21. The first-order valence-corrected chi connectivity index (χ1v) is 8.59. The Bertz CT molecular complexity index is 656. The van der Waals surface area contributed by atoms with Gasteiger partial charge in [0, 0.05) is 25.7 Å². The maximum atomic E-state index is 13.6. The van der Waals surface area contributed by atoms with Crippen LogP contribution in [0.2, 0.25) is 0 Å². The lowest BCUT2D eigenvalue weighted by molar-refractivity contribution is -0.135. The van der Waals surface area contributed by atoms with Crippen molar-refractivity contribution in [3.8, 4) is 0 Å². The van der Waals surface area contributed by atoms with E-state index in [4.69, 9.17) is 0 Å². The van der Waals surface area contributed by atoms with Gasteiger partial charge in [-0.15, -0.1) is 12.4 Å². The first kappa shape index (κ1) is 19.8. The quantitative estimate of drug-likeness (QED) is 0.824. The van der Waals surface area contributed by atoms with Crippen molar-refractivity contribution in [2.75, 3.05) is 19.6 Å². The Labute approximate surface area is 141 Å². The topological polar surface area (TPSA) is 78.5 Å². The number of rotatable bonds is 4. The highest BCUT2D eigenvalue weighted by Gasteiger charge is 2.30. The number of carbonyl (C=O) groups excluding carboxylic acids is 1. The molecule has 130 valence electrons. The number of piperazine rings is 1. The molecule has 9 heteroatoms. The Hall–Kier alpha value is -1.22. The number of nitrogens with one attached hydrogen (secondary N) is 2. The fourth-order valence-corrected chi connectivity index (χ4v) is 3.70. The van der Waals surface area contributed by atoms with Crippen LogP contribution in [0.15, 0.2) is 29.2 Å². The van der Waals surface area contributed by atoms with Crippen LogP contribution in [0.5, 0.6) is 0 Å². The van der Waals surface area contributed by atoms with Crippen LogP contribution in [0.3, 0.4) is 0 Å². The number of benzene rings is 1. The third-order valence-electron chi connectivity index (χ3n) is 3.61. The molecule has 0 saturated carbocycles. The van der Waals surface area contributed by atoms with Gasteiger partial charge in [0.15, 0.2) is 0 Å². The summed E-state index contributed by atoms with van der Waals surface area (Å²) in [6, 6.07) is 4.11. The molecule has 2 rings (SSSR count). The summed E-state index contributed by atoms with van der Waals surface area (Å²) in [5, 5.41) is 3.16. The molecule has 1 aromatic carbocycles. The summed E-state index contributed by atoms with van der Waals surface area (Å²) in [6.07, 6.45) is 0. The number of amides is 1. The first-order chi connectivity index (χ1) is 10.3. The molecular formula is C14H21ClFN3O3S. The van der Waals surface area contributed by atoms with Gasteiger partial charge in [-0.25, -0.2) is 12.8 Å². The molecule has 1 aromatic rings. The van der Waals surface area contributed by atoms with Crippen LogP contribution in [-0.4, -0.2) is 50.9 Å². The maximum Gasteiger partial charge on any atom is 0.244 e. The van der Waals surface area contributed by atoms with Gasteiger partial charge in [0.2, 0.25) is 15.9 Å². The van der Waals surface area contributed by atoms with Gasteiger partial charge in [-0.3, -0.25) is 4.79 Å². The molecule has 2 N–H and O–H groups in total. The molecule has 6 nitrogen and oxygen atoms in total. The summed E-state index contributed by atoms with van der Waals surface area (Å²) < 4.78 is 40.3. The standard InChI is InChI=1S/C14H20FN3O3S.ClH/c1-10-9-16-7-8-18(10)14(19)11(2)17-22(20,21)13-6-4-3-5-12(13)15;/h3-6,10-11,16-17H,7-9H2,1-2H3;1H. The van der Waals surface area contributed by atoms with Crippen LogP contribution < -0.4 is 10.0 Å². The molecule has 23 heavy (non-hydrogen) atoms. The van der Waals surface area contributed by atoms with E-state index < -0.39 is 26.8 Å². The van der Waals surface area contributed by atoms with Gasteiger partial charge in [-0.05, 0) is 26.0 Å². The minimum atomic E-state index is -4.08. The van der Waals surface area contributed by atoms with Gasteiger partial charge in [0.1, 0.15) is 10.7 Å². The molecule has 0 aromatic heterocycles. The second-order valence-electron chi connectivity index (χ2n) is 5.36. The molecule has 1 amide bonds. The van der Waals surface area contributed by atoms with E-state index >= 15 is 0 Å². The molecule has 1 saturated heterocycles. The number of carbonyl (C=O) groups is 1. The Morgan fingerprint density at radius 3 is 2.70 bits per heavy atom. The second kappa shape index (κ2) is 8.05. The van der Waals surface area contributed by atoms with Crippen LogP contribution in [0, 0.1) is 5.82 Å². The predicted molar refractivity (Wildman–Crippen MR) is 87.5 cm³/mol. The molecule has 1 aliphatic heterocycles. The van der Waals surface area contributed by atoms with Gasteiger partial charge in [0.25, 0.3) is 0 Å². The first-order valence-electron chi connectivity index (χ1n) is 7.11. The van der Waals surface area contributed by atoms with Crippen molar-refractivity contribution in [3.05, 3.63) is 30.1 Å². The molecule has 0 aliphatic carbocycles. The summed E-state index contributed by atoms with van der Waals surface area (Å²) >= 11 is 0. The number of nitrogens with zero attached hydrogens (tertiary/aromatic N) is 1. The Kier molecular flexibility index (Phi) is 6.94. The van der Waals surface area contributed by atoms with Crippen molar-refractivity contribution in [2.24, 2.45) is 0 Å². The van der Waals surface area contributed by atoms with Crippen LogP contribution in [-0.2, 0) is 14.8 Å². The average molecular weight is 366 g/mol. The maximum absolute atomic E-state index is 13.6. The highest BCUT2D eigenvalue weighted by Crippen LogP contribution is 2.14. The second-order valence-corrected chi connectivity index (χ2v) is 7.04. The lowest BCUT2D eigenvalue weighted by Gasteiger charge is -2.35. The van der Waals surface area contributed by atoms with Crippen LogP contribution in [0.4, 0.5) is 4.39 Å². The number of sulfonamides is 1. The SMILES string of the molecule is CC(NS(=O)(=O)c1ccccc1F)C(=O)N1CCNCC1C.Cl. The molecule has 0 radical (unpaired) electrons. The molecule has 1 heterocycles. The zero-order valence-electron chi connectivity index (χ0n) is 13.0. The molecule has 2 atom stereocenters. The fourth-order valence-electron chi connectivity index (χ4n) is 2.43. The van der Waals surface area contributed by atoms with Crippen molar-refractivity contribution < 1.29 is 17.6 Å². The Morgan fingerprint density at radius 2 is 2.09 bits per heavy atom. The van der Waals surface area contributed by atoms with Gasteiger partial charge in [0.05, 0.1) is 6.04 Å². The number of hydrogen-bond donors (Lipinski definition) is 2. The van der Waals surface area contributed by atoms with E-state index in [0.29, 0.717) is 19.6 Å². The van der Waals surface area contributed by atoms with Gasteiger partial charge in [-0.1, -0.05) is 12.1 Å². The van der Waals surface area contributed by atoms with Crippen molar-refractivity contribution in [1.29, 1.82) is 0 Å². The Balaban J connectivity index is 0.00000264. The molecular weight excluding hydrogens is 345 g/mol. The molecule has 2 unspecified atom stereocenters. The summed E-state index contributed by atoms with van der Waals surface area (Å²) in [7, 11) is -4.08. The van der Waals surface area contributed by atoms with E-state index in [2.05, 4.69) is 10.0 Å². The van der Waals surface area contributed by atoms with E-state index in [1.165, 1.54) is 25.1 Å². The molecule has 1 fully saturated rings. The summed E-state index contributed by atoms with van der Waals surface area (Å²) in [5.41, 5.74) is 0. The normalized spacial score (nSPS) is 19.8. The summed E-state index contributed by atoms with van der Waals surface area (Å²) in [5.74, 6) is -1.15. The van der Waals surface area contributed by atoms with E-state index in [9.17, 15) is 17.6 Å². The zero-order chi connectivity index (χ0) is 16.3. The predicted octanol–water partition coefficient (Wildman–Crippen LogP) is 0.735. The fraction of sp³-hybridized carbons (Fsp3) is 0.500. The van der Waals surface area contributed by atoms with E-state index in [-0.39, 0.29) is 24.4 Å². The van der Waals surface area contributed by atoms with E-state index in [1.54, 1.807) is 4.90 Å². The number of hydrogen-bond acceptors (Lipinski definition) is 4. The van der Waals surface area contributed by atoms with Crippen LogP contribution in [0.1, 0.15) is 13.8 Å². The Morgan fingerprint density at radius 1 is 1.43 bits per heavy atom. The smallest absolute Gasteiger partial charge is 0.244 e. The molecule has 1 aliphatic rings.